The summed E-state index contributed by atoms with van der Waals surface area (Å²) in [7, 11) is 0. The Bertz CT molecular complexity index is 524. The first-order valence-electron chi connectivity index (χ1n) is 12.4. The average molecular weight is 386 g/mol. The summed E-state index contributed by atoms with van der Waals surface area (Å²) in [6, 6.07) is 4.25. The van der Waals surface area contributed by atoms with Gasteiger partial charge in [-0.3, -0.25) is 4.98 Å². The van der Waals surface area contributed by atoms with Gasteiger partial charge >= 0.3 is 0 Å². The van der Waals surface area contributed by atoms with Crippen LogP contribution in [0.2, 0.25) is 0 Å². The summed E-state index contributed by atoms with van der Waals surface area (Å²) >= 11 is 0. The third-order valence-electron chi connectivity index (χ3n) is 7.49. The van der Waals surface area contributed by atoms with Crippen molar-refractivity contribution in [2.24, 2.45) is 23.7 Å². The first-order valence-corrected chi connectivity index (χ1v) is 12.4. The topological polar surface area (TPSA) is 22.1 Å². The van der Waals surface area contributed by atoms with E-state index in [1.165, 1.54) is 89.2 Å². The van der Waals surface area contributed by atoms with Crippen LogP contribution in [0, 0.1) is 23.7 Å². The zero-order valence-electron chi connectivity index (χ0n) is 18.5. The van der Waals surface area contributed by atoms with Gasteiger partial charge in [-0.25, -0.2) is 0 Å². The van der Waals surface area contributed by atoms with Crippen molar-refractivity contribution in [3.63, 3.8) is 0 Å². The van der Waals surface area contributed by atoms with Crippen molar-refractivity contribution in [3.8, 4) is 5.75 Å². The van der Waals surface area contributed by atoms with Gasteiger partial charge in [0.25, 0.3) is 0 Å². The molecule has 0 aromatic carbocycles. The van der Waals surface area contributed by atoms with E-state index in [0.29, 0.717) is 0 Å². The predicted molar refractivity (Wildman–Crippen MR) is 119 cm³/mol. The Kier molecular flexibility index (Phi) is 9.15. The van der Waals surface area contributed by atoms with Crippen molar-refractivity contribution in [2.45, 2.75) is 104 Å². The standard InChI is InChI=1S/C26H43NO/c1-3-5-7-21-9-13-23(14-10-21)24-15-11-22(12-16-24)20-28-26-18-17-25(27-19-26)8-6-4-2/h17-19,21-24H,3-16,20H2,1-2H3. The summed E-state index contributed by atoms with van der Waals surface area (Å²) in [6.45, 7) is 5.43. The molecule has 0 saturated heterocycles. The second-order valence-electron chi connectivity index (χ2n) is 9.60. The van der Waals surface area contributed by atoms with E-state index in [2.05, 4.69) is 31.0 Å². The Hall–Kier alpha value is -1.05. The summed E-state index contributed by atoms with van der Waals surface area (Å²) in [5.41, 5.74) is 1.19. The second-order valence-corrected chi connectivity index (χ2v) is 9.60. The monoisotopic (exact) mass is 385 g/mol. The van der Waals surface area contributed by atoms with Crippen LogP contribution in [0.3, 0.4) is 0 Å². The Morgan fingerprint density at radius 1 is 0.821 bits per heavy atom. The molecule has 0 amide bonds. The summed E-state index contributed by atoms with van der Waals surface area (Å²) in [5, 5.41) is 0. The minimum Gasteiger partial charge on any atom is -0.492 e. The lowest BCUT2D eigenvalue weighted by Gasteiger charge is -2.37. The highest BCUT2D eigenvalue weighted by atomic mass is 16.5. The van der Waals surface area contributed by atoms with Crippen LogP contribution in [0.25, 0.3) is 0 Å². The highest BCUT2D eigenvalue weighted by molar-refractivity contribution is 5.19. The van der Waals surface area contributed by atoms with E-state index in [9.17, 15) is 0 Å². The van der Waals surface area contributed by atoms with Gasteiger partial charge < -0.3 is 4.74 Å². The van der Waals surface area contributed by atoms with Crippen molar-refractivity contribution in [3.05, 3.63) is 24.0 Å². The van der Waals surface area contributed by atoms with Gasteiger partial charge in [0.05, 0.1) is 12.8 Å². The molecule has 2 aliphatic carbocycles. The SMILES string of the molecule is CCCCc1ccc(OCC2CCC(C3CCC(CCCC)CC3)CC2)cn1. The largest absolute Gasteiger partial charge is 0.492 e. The molecule has 28 heavy (non-hydrogen) atoms. The molecule has 1 heterocycles. The molecule has 0 aliphatic heterocycles. The molecule has 0 atom stereocenters. The van der Waals surface area contributed by atoms with Crippen molar-refractivity contribution >= 4 is 0 Å². The molecule has 2 fully saturated rings. The van der Waals surface area contributed by atoms with Gasteiger partial charge in [0, 0.05) is 5.69 Å². The van der Waals surface area contributed by atoms with Crippen molar-refractivity contribution in [1.82, 2.24) is 4.98 Å². The lowest BCUT2D eigenvalue weighted by molar-refractivity contribution is 0.121. The maximum Gasteiger partial charge on any atom is 0.137 e. The summed E-state index contributed by atoms with van der Waals surface area (Å²) < 4.78 is 6.07. The Balaban J connectivity index is 1.32. The van der Waals surface area contributed by atoms with Gasteiger partial charge in [0.15, 0.2) is 0 Å². The predicted octanol–water partition coefficient (Wildman–Crippen LogP) is 7.61. The van der Waals surface area contributed by atoms with E-state index in [4.69, 9.17) is 4.74 Å². The van der Waals surface area contributed by atoms with Gasteiger partial charge in [0.1, 0.15) is 5.75 Å². The minimum absolute atomic E-state index is 0.747. The Morgan fingerprint density at radius 3 is 2.04 bits per heavy atom. The molecule has 2 heteroatoms. The van der Waals surface area contributed by atoms with Crippen LogP contribution in [0.15, 0.2) is 18.3 Å². The van der Waals surface area contributed by atoms with Crippen LogP contribution in [-0.4, -0.2) is 11.6 Å². The van der Waals surface area contributed by atoms with Gasteiger partial charge in [0.2, 0.25) is 0 Å². The smallest absolute Gasteiger partial charge is 0.137 e. The number of ether oxygens (including phenoxy) is 1. The van der Waals surface area contributed by atoms with E-state index < -0.39 is 0 Å². The number of unbranched alkanes of at least 4 members (excludes halogenated alkanes) is 2. The zero-order chi connectivity index (χ0) is 19.6. The highest BCUT2D eigenvalue weighted by Gasteiger charge is 2.30. The molecular formula is C26H43NO. The number of pyridine rings is 1. The fraction of sp³-hybridized carbons (Fsp3) is 0.808. The molecule has 0 spiro atoms. The van der Waals surface area contributed by atoms with Gasteiger partial charge in [-0.2, -0.15) is 0 Å². The summed E-state index contributed by atoms with van der Waals surface area (Å²) in [6.07, 6.45) is 21.4. The Labute approximate surface area is 173 Å². The lowest BCUT2D eigenvalue weighted by Crippen LogP contribution is -2.27. The van der Waals surface area contributed by atoms with Crippen LogP contribution < -0.4 is 4.74 Å². The minimum atomic E-state index is 0.747. The fourth-order valence-electron chi connectivity index (χ4n) is 5.48. The van der Waals surface area contributed by atoms with Gasteiger partial charge in [-0.1, -0.05) is 52.4 Å². The lowest BCUT2D eigenvalue weighted by atomic mass is 9.69. The van der Waals surface area contributed by atoms with Crippen LogP contribution in [0.5, 0.6) is 5.75 Å². The maximum atomic E-state index is 6.07. The number of aromatic nitrogens is 1. The summed E-state index contributed by atoms with van der Waals surface area (Å²) in [4.78, 5) is 4.55. The molecule has 2 saturated carbocycles. The van der Waals surface area contributed by atoms with Crippen LogP contribution in [-0.2, 0) is 6.42 Å². The number of aryl methyl sites for hydroxylation is 1. The van der Waals surface area contributed by atoms with E-state index in [1.807, 2.05) is 6.20 Å². The van der Waals surface area contributed by atoms with E-state index in [1.54, 1.807) is 0 Å². The van der Waals surface area contributed by atoms with Crippen molar-refractivity contribution in [1.29, 1.82) is 0 Å². The maximum absolute atomic E-state index is 6.07. The number of hydrogen-bond donors (Lipinski definition) is 0. The van der Waals surface area contributed by atoms with Crippen molar-refractivity contribution < 1.29 is 4.74 Å². The third kappa shape index (κ3) is 6.78. The molecule has 2 nitrogen and oxygen atoms in total. The molecule has 0 unspecified atom stereocenters. The molecular weight excluding hydrogens is 342 g/mol. The highest BCUT2D eigenvalue weighted by Crippen LogP contribution is 2.42. The molecule has 3 rings (SSSR count). The quantitative estimate of drug-likeness (QED) is 0.413. The number of nitrogens with zero attached hydrogens (tertiary/aromatic N) is 1. The molecule has 0 radical (unpaired) electrons. The van der Waals surface area contributed by atoms with Crippen LogP contribution in [0.4, 0.5) is 0 Å². The average Bonchev–Trinajstić information content (AvgIpc) is 2.76. The van der Waals surface area contributed by atoms with Crippen molar-refractivity contribution in [2.75, 3.05) is 6.61 Å². The van der Waals surface area contributed by atoms with Crippen LogP contribution in [0.1, 0.15) is 103 Å². The molecule has 158 valence electrons. The fourth-order valence-corrected chi connectivity index (χ4v) is 5.48. The van der Waals surface area contributed by atoms with Gasteiger partial charge in [-0.15, -0.1) is 0 Å². The zero-order valence-corrected chi connectivity index (χ0v) is 18.5. The second kappa shape index (κ2) is 11.8. The number of rotatable bonds is 10. The first-order chi connectivity index (χ1) is 13.8. The molecule has 0 bridgehead atoms. The first kappa shape index (κ1) is 21.7. The molecule has 2 aliphatic rings. The molecule has 0 N–H and O–H groups in total. The number of hydrogen-bond acceptors (Lipinski definition) is 2. The van der Waals surface area contributed by atoms with E-state index in [-0.39, 0.29) is 0 Å². The summed E-state index contributed by atoms with van der Waals surface area (Å²) in [5.74, 6) is 4.77. The Morgan fingerprint density at radius 2 is 1.46 bits per heavy atom. The molecule has 1 aromatic heterocycles. The van der Waals surface area contributed by atoms with E-state index in [0.717, 1.165) is 42.4 Å². The third-order valence-corrected chi connectivity index (χ3v) is 7.49. The molecule has 1 aromatic rings. The van der Waals surface area contributed by atoms with E-state index >= 15 is 0 Å². The normalized spacial score (nSPS) is 28.2. The van der Waals surface area contributed by atoms with Crippen LogP contribution >= 0.6 is 0 Å². The van der Waals surface area contributed by atoms with Gasteiger partial charge in [-0.05, 0) is 87.2 Å².